The van der Waals surface area contributed by atoms with Gasteiger partial charge in [-0.15, -0.1) is 0 Å². The van der Waals surface area contributed by atoms with Gasteiger partial charge in [0, 0.05) is 44.4 Å². The Morgan fingerprint density at radius 2 is 2.05 bits per heavy atom. The molecule has 1 aliphatic rings. The molecule has 0 aromatic carbocycles. The van der Waals surface area contributed by atoms with E-state index >= 15 is 0 Å². The zero-order valence-electron chi connectivity index (χ0n) is 11.3. The third-order valence-electron chi connectivity index (χ3n) is 3.11. The van der Waals surface area contributed by atoms with E-state index in [1.54, 1.807) is 4.90 Å². The van der Waals surface area contributed by atoms with E-state index in [4.69, 9.17) is 9.63 Å². The number of nitrogens with zero attached hydrogens (tertiary/aromatic N) is 3. The standard InChI is InChI=1S/C13H17N3O4/c1-10-8-11(20-14-10)9-15-4-6-16(7-5-15)12(17)2-3-13(18)19/h2-3,8H,4-7,9H2,1H3,(H,18,19)/b3-2+. The van der Waals surface area contributed by atoms with Crippen molar-refractivity contribution >= 4 is 11.9 Å². The predicted molar refractivity (Wildman–Crippen MR) is 69.9 cm³/mol. The summed E-state index contributed by atoms with van der Waals surface area (Å²) in [6, 6.07) is 1.90. The Bertz CT molecular complexity index is 515. The Kier molecular flexibility index (Phi) is 4.52. The first-order valence-corrected chi connectivity index (χ1v) is 6.39. The highest BCUT2D eigenvalue weighted by Gasteiger charge is 2.20. The van der Waals surface area contributed by atoms with Gasteiger partial charge in [0.15, 0.2) is 5.76 Å². The highest BCUT2D eigenvalue weighted by Crippen LogP contribution is 2.10. The lowest BCUT2D eigenvalue weighted by Crippen LogP contribution is -2.47. The molecule has 1 N–H and O–H groups in total. The first-order chi connectivity index (χ1) is 9.54. The van der Waals surface area contributed by atoms with Gasteiger partial charge in [-0.05, 0) is 6.92 Å². The van der Waals surface area contributed by atoms with Crippen LogP contribution in [-0.4, -0.2) is 58.1 Å². The number of hydrogen-bond donors (Lipinski definition) is 1. The Morgan fingerprint density at radius 3 is 2.60 bits per heavy atom. The molecule has 0 radical (unpaired) electrons. The second-order valence-electron chi connectivity index (χ2n) is 4.71. The van der Waals surface area contributed by atoms with Gasteiger partial charge >= 0.3 is 5.97 Å². The topological polar surface area (TPSA) is 86.9 Å². The predicted octanol–water partition coefficient (Wildman–Crippen LogP) is 0.268. The van der Waals surface area contributed by atoms with E-state index in [1.165, 1.54) is 0 Å². The SMILES string of the molecule is Cc1cc(CN2CCN(C(=O)/C=C/C(=O)O)CC2)on1. The smallest absolute Gasteiger partial charge is 0.328 e. The summed E-state index contributed by atoms with van der Waals surface area (Å²) in [5, 5.41) is 12.3. The van der Waals surface area contributed by atoms with E-state index in [-0.39, 0.29) is 5.91 Å². The molecule has 0 unspecified atom stereocenters. The molecule has 7 heteroatoms. The number of rotatable bonds is 4. The summed E-state index contributed by atoms with van der Waals surface area (Å²) in [6.45, 7) is 5.16. The van der Waals surface area contributed by atoms with Gasteiger partial charge in [-0.25, -0.2) is 4.79 Å². The molecule has 1 aliphatic heterocycles. The molecule has 2 heterocycles. The van der Waals surface area contributed by atoms with E-state index < -0.39 is 5.97 Å². The molecule has 0 spiro atoms. The van der Waals surface area contributed by atoms with Crippen LogP contribution in [0.25, 0.3) is 0 Å². The molecule has 0 bridgehead atoms. The number of carboxylic acids is 1. The van der Waals surface area contributed by atoms with Gasteiger partial charge in [0.1, 0.15) is 0 Å². The Morgan fingerprint density at radius 1 is 1.35 bits per heavy atom. The van der Waals surface area contributed by atoms with Crippen LogP contribution in [0.5, 0.6) is 0 Å². The summed E-state index contributed by atoms with van der Waals surface area (Å²) in [7, 11) is 0. The van der Waals surface area contributed by atoms with Crippen LogP contribution in [0.3, 0.4) is 0 Å². The largest absolute Gasteiger partial charge is 0.478 e. The maximum absolute atomic E-state index is 11.7. The Labute approximate surface area is 116 Å². The van der Waals surface area contributed by atoms with Crippen molar-refractivity contribution in [1.29, 1.82) is 0 Å². The fourth-order valence-corrected chi connectivity index (χ4v) is 2.09. The second-order valence-corrected chi connectivity index (χ2v) is 4.71. The fraction of sp³-hybridized carbons (Fsp3) is 0.462. The van der Waals surface area contributed by atoms with Crippen molar-refractivity contribution < 1.29 is 19.2 Å². The van der Waals surface area contributed by atoms with Crippen LogP contribution in [0, 0.1) is 6.92 Å². The highest BCUT2D eigenvalue weighted by molar-refractivity contribution is 5.93. The summed E-state index contributed by atoms with van der Waals surface area (Å²) < 4.78 is 5.16. The van der Waals surface area contributed by atoms with Crippen molar-refractivity contribution in [2.24, 2.45) is 0 Å². The maximum Gasteiger partial charge on any atom is 0.328 e. The molecule has 20 heavy (non-hydrogen) atoms. The summed E-state index contributed by atoms with van der Waals surface area (Å²) >= 11 is 0. The van der Waals surface area contributed by atoms with E-state index in [9.17, 15) is 9.59 Å². The number of carbonyl (C=O) groups excluding carboxylic acids is 1. The van der Waals surface area contributed by atoms with Gasteiger partial charge in [-0.3, -0.25) is 9.69 Å². The number of carbonyl (C=O) groups is 2. The number of aryl methyl sites for hydroxylation is 1. The summed E-state index contributed by atoms with van der Waals surface area (Å²) in [6.07, 6.45) is 1.96. The lowest BCUT2D eigenvalue weighted by molar-refractivity contribution is -0.132. The van der Waals surface area contributed by atoms with Crippen molar-refractivity contribution in [2.45, 2.75) is 13.5 Å². The minimum atomic E-state index is -1.11. The number of amides is 1. The number of aliphatic carboxylic acids is 1. The van der Waals surface area contributed by atoms with Crippen LogP contribution < -0.4 is 0 Å². The Hall–Kier alpha value is -2.15. The van der Waals surface area contributed by atoms with Crippen molar-refractivity contribution in [3.8, 4) is 0 Å². The van der Waals surface area contributed by atoms with E-state index in [1.807, 2.05) is 13.0 Å². The normalized spacial score (nSPS) is 16.8. The molecule has 0 aliphatic carbocycles. The van der Waals surface area contributed by atoms with Gasteiger partial charge < -0.3 is 14.5 Å². The zero-order valence-corrected chi connectivity index (χ0v) is 11.3. The molecule has 0 saturated carbocycles. The quantitative estimate of drug-likeness (QED) is 0.796. The van der Waals surface area contributed by atoms with Gasteiger partial charge in [0.05, 0.1) is 12.2 Å². The first-order valence-electron chi connectivity index (χ1n) is 6.39. The fourth-order valence-electron chi connectivity index (χ4n) is 2.09. The van der Waals surface area contributed by atoms with Crippen LogP contribution in [0.15, 0.2) is 22.7 Å². The van der Waals surface area contributed by atoms with Crippen LogP contribution in [-0.2, 0) is 16.1 Å². The molecular weight excluding hydrogens is 262 g/mol. The van der Waals surface area contributed by atoms with Crippen LogP contribution in [0.2, 0.25) is 0 Å². The van der Waals surface area contributed by atoms with Crippen molar-refractivity contribution in [1.82, 2.24) is 15.0 Å². The Balaban J connectivity index is 1.80. The van der Waals surface area contributed by atoms with Gasteiger partial charge in [0.2, 0.25) is 5.91 Å². The van der Waals surface area contributed by atoms with Crippen molar-refractivity contribution in [3.05, 3.63) is 29.7 Å². The monoisotopic (exact) mass is 279 g/mol. The number of hydrogen-bond acceptors (Lipinski definition) is 5. The third kappa shape index (κ3) is 3.92. The van der Waals surface area contributed by atoms with Gasteiger partial charge in [-0.1, -0.05) is 5.16 Å². The lowest BCUT2D eigenvalue weighted by atomic mass is 10.2. The number of aromatic nitrogens is 1. The summed E-state index contributed by atoms with van der Waals surface area (Å²) in [4.78, 5) is 25.9. The van der Waals surface area contributed by atoms with Gasteiger partial charge in [0.25, 0.3) is 0 Å². The molecule has 2 rings (SSSR count). The van der Waals surface area contributed by atoms with Crippen LogP contribution >= 0.6 is 0 Å². The summed E-state index contributed by atoms with van der Waals surface area (Å²) in [5.41, 5.74) is 0.854. The third-order valence-corrected chi connectivity index (χ3v) is 3.11. The minimum Gasteiger partial charge on any atom is -0.478 e. The minimum absolute atomic E-state index is 0.262. The van der Waals surface area contributed by atoms with Gasteiger partial charge in [-0.2, -0.15) is 0 Å². The molecule has 1 amide bonds. The molecule has 1 saturated heterocycles. The highest BCUT2D eigenvalue weighted by atomic mass is 16.5. The number of carboxylic acid groups (broad SMARTS) is 1. The maximum atomic E-state index is 11.7. The molecule has 1 aromatic heterocycles. The second kappa shape index (κ2) is 6.33. The molecule has 7 nitrogen and oxygen atoms in total. The van der Waals surface area contributed by atoms with Crippen molar-refractivity contribution in [3.63, 3.8) is 0 Å². The summed E-state index contributed by atoms with van der Waals surface area (Å²) in [5.74, 6) is -0.562. The number of piperazine rings is 1. The molecule has 0 atom stereocenters. The van der Waals surface area contributed by atoms with E-state index in [0.717, 1.165) is 36.7 Å². The van der Waals surface area contributed by atoms with E-state index in [2.05, 4.69) is 10.1 Å². The molecular formula is C13H17N3O4. The molecule has 1 fully saturated rings. The van der Waals surface area contributed by atoms with Crippen LogP contribution in [0.4, 0.5) is 0 Å². The van der Waals surface area contributed by atoms with E-state index in [0.29, 0.717) is 19.6 Å². The average Bonchev–Trinajstić information content (AvgIpc) is 2.82. The van der Waals surface area contributed by atoms with Crippen LogP contribution in [0.1, 0.15) is 11.5 Å². The molecule has 1 aromatic rings. The van der Waals surface area contributed by atoms with Crippen molar-refractivity contribution in [2.75, 3.05) is 26.2 Å². The molecule has 108 valence electrons. The average molecular weight is 279 g/mol. The zero-order chi connectivity index (χ0) is 14.5. The lowest BCUT2D eigenvalue weighted by Gasteiger charge is -2.33. The first kappa shape index (κ1) is 14.3.